The predicted octanol–water partition coefficient (Wildman–Crippen LogP) is 14.7. The molecule has 0 aliphatic carbocycles. The molecule has 0 spiro atoms. The summed E-state index contributed by atoms with van der Waals surface area (Å²) in [5.41, 5.74) is 0. The lowest BCUT2D eigenvalue weighted by Gasteiger charge is -2.19. The van der Waals surface area contributed by atoms with Gasteiger partial charge in [0.1, 0.15) is 0 Å². The summed E-state index contributed by atoms with van der Waals surface area (Å²) in [5.74, 6) is -0.0817. The van der Waals surface area contributed by atoms with Gasteiger partial charge in [-0.05, 0) is 77.0 Å². The number of unbranched alkanes of at least 4 members (excludes halogenated alkanes) is 24. The second-order valence-corrected chi connectivity index (χ2v) is 15.4. The number of nitrogens with one attached hydrogen (secondary N) is 1. The van der Waals surface area contributed by atoms with E-state index in [-0.39, 0.29) is 12.5 Å². The van der Waals surface area contributed by atoms with Crippen molar-refractivity contribution in [2.45, 2.75) is 231 Å². The molecule has 312 valence electrons. The summed E-state index contributed by atoms with van der Waals surface area (Å²) in [6, 6.07) is -0.646. The van der Waals surface area contributed by atoms with Crippen LogP contribution in [0.3, 0.4) is 0 Å². The summed E-state index contributed by atoms with van der Waals surface area (Å²) in [4.78, 5) is 12.4. The Morgan fingerprint density at radius 2 is 0.815 bits per heavy atom. The van der Waals surface area contributed by atoms with Gasteiger partial charge in [-0.15, -0.1) is 0 Å². The minimum Gasteiger partial charge on any atom is -0.394 e. The van der Waals surface area contributed by atoms with E-state index < -0.39 is 12.1 Å². The fraction of sp³-hybridized carbons (Fsp3) is 0.740. The summed E-state index contributed by atoms with van der Waals surface area (Å²) in [6.07, 6.45) is 64.6. The molecule has 0 saturated heterocycles. The Labute approximate surface area is 336 Å². The molecule has 0 aromatic heterocycles. The number of carbonyl (C=O) groups excluding carboxylic acids is 1. The van der Waals surface area contributed by atoms with Gasteiger partial charge in [-0.1, -0.05) is 209 Å². The first-order valence-electron chi connectivity index (χ1n) is 23.2. The van der Waals surface area contributed by atoms with E-state index in [4.69, 9.17) is 0 Å². The summed E-state index contributed by atoms with van der Waals surface area (Å²) in [7, 11) is 0. The molecule has 4 nitrogen and oxygen atoms in total. The zero-order chi connectivity index (χ0) is 39.3. The number of aliphatic hydroxyl groups excluding tert-OH is 2. The Hall–Kier alpha value is -2.17. The second kappa shape index (κ2) is 45.2. The molecule has 1 amide bonds. The van der Waals surface area contributed by atoms with Gasteiger partial charge >= 0.3 is 0 Å². The first-order chi connectivity index (χ1) is 26.7. The molecule has 0 aromatic carbocycles. The first-order valence-corrected chi connectivity index (χ1v) is 23.2. The highest BCUT2D eigenvalue weighted by atomic mass is 16.3. The van der Waals surface area contributed by atoms with Gasteiger partial charge in [0.15, 0.2) is 0 Å². The van der Waals surface area contributed by atoms with Gasteiger partial charge in [0, 0.05) is 6.42 Å². The third kappa shape index (κ3) is 41.0. The molecular formula is C50H89NO3. The fourth-order valence-electron chi connectivity index (χ4n) is 6.58. The molecule has 0 aromatic rings. The Kier molecular flexibility index (Phi) is 43.4. The molecule has 0 saturated carbocycles. The lowest BCUT2D eigenvalue weighted by Crippen LogP contribution is -2.45. The minimum absolute atomic E-state index is 0.0817. The van der Waals surface area contributed by atoms with Crippen molar-refractivity contribution >= 4 is 5.91 Å². The molecule has 0 radical (unpaired) electrons. The van der Waals surface area contributed by atoms with Crippen molar-refractivity contribution in [3.05, 3.63) is 72.9 Å². The number of aliphatic hydroxyl groups is 2. The van der Waals surface area contributed by atoms with Gasteiger partial charge in [-0.25, -0.2) is 0 Å². The third-order valence-electron chi connectivity index (χ3n) is 10.1. The van der Waals surface area contributed by atoms with E-state index in [1.165, 1.54) is 141 Å². The van der Waals surface area contributed by atoms with E-state index in [1.807, 2.05) is 6.08 Å². The van der Waals surface area contributed by atoms with Crippen molar-refractivity contribution in [3.63, 3.8) is 0 Å². The van der Waals surface area contributed by atoms with Crippen LogP contribution in [0.25, 0.3) is 0 Å². The quantitative estimate of drug-likeness (QED) is 0.0430. The molecule has 0 bridgehead atoms. The van der Waals surface area contributed by atoms with Gasteiger partial charge < -0.3 is 15.5 Å². The van der Waals surface area contributed by atoms with Crippen LogP contribution in [0.5, 0.6) is 0 Å². The standard InChI is InChI=1S/C50H89NO3/c1-3-5-7-9-11-13-15-16-17-18-19-20-21-22-23-24-25-26-27-28-29-30-31-32-33-34-36-38-40-42-44-46-50(54)51-48(47-52)49(53)45-43-41-39-37-35-14-12-10-8-6-4-2/h8,10,15-16,18-19,21-22,35,37,43,45,48-49,52-53H,3-7,9,11-14,17,20,23-34,36,38-42,44,46-47H2,1-2H3,(H,51,54)/b10-8+,16-15-,19-18-,22-21-,37-35+,45-43+. The van der Waals surface area contributed by atoms with E-state index in [0.717, 1.165) is 57.8 Å². The third-order valence-corrected chi connectivity index (χ3v) is 10.1. The maximum atomic E-state index is 12.4. The van der Waals surface area contributed by atoms with Crippen molar-refractivity contribution in [2.24, 2.45) is 0 Å². The first kappa shape index (κ1) is 51.8. The van der Waals surface area contributed by atoms with E-state index >= 15 is 0 Å². The largest absolute Gasteiger partial charge is 0.394 e. The Morgan fingerprint density at radius 1 is 0.444 bits per heavy atom. The average Bonchev–Trinajstić information content (AvgIpc) is 3.18. The Bertz CT molecular complexity index is 946. The SMILES string of the molecule is CCC/C=C/CC/C=C/CC/C=C/C(O)C(CO)NC(=O)CCCCCCCCCCCCCCCCCC/C=C\C/C=C\C/C=C\CCCCCCC. The minimum atomic E-state index is -0.870. The Balaban J connectivity index is 3.51. The van der Waals surface area contributed by atoms with Crippen LogP contribution in [0.1, 0.15) is 219 Å². The molecule has 54 heavy (non-hydrogen) atoms. The average molecular weight is 752 g/mol. The molecule has 0 heterocycles. The number of rotatable bonds is 41. The van der Waals surface area contributed by atoms with Gasteiger partial charge in [-0.3, -0.25) is 4.79 Å². The molecule has 0 aliphatic heterocycles. The maximum Gasteiger partial charge on any atom is 0.220 e. The fourth-order valence-corrected chi connectivity index (χ4v) is 6.58. The monoisotopic (exact) mass is 752 g/mol. The maximum absolute atomic E-state index is 12.4. The van der Waals surface area contributed by atoms with E-state index in [1.54, 1.807) is 6.08 Å². The van der Waals surface area contributed by atoms with E-state index in [2.05, 4.69) is 79.9 Å². The highest BCUT2D eigenvalue weighted by molar-refractivity contribution is 5.76. The highest BCUT2D eigenvalue weighted by Gasteiger charge is 2.17. The summed E-state index contributed by atoms with van der Waals surface area (Å²) >= 11 is 0. The lowest BCUT2D eigenvalue weighted by molar-refractivity contribution is -0.123. The van der Waals surface area contributed by atoms with E-state index in [0.29, 0.717) is 6.42 Å². The summed E-state index contributed by atoms with van der Waals surface area (Å²) in [5, 5.41) is 22.9. The number of hydrogen-bond donors (Lipinski definition) is 3. The zero-order valence-electron chi connectivity index (χ0n) is 35.7. The van der Waals surface area contributed by atoms with E-state index in [9.17, 15) is 15.0 Å². The van der Waals surface area contributed by atoms with Crippen LogP contribution < -0.4 is 5.32 Å². The highest BCUT2D eigenvalue weighted by Crippen LogP contribution is 2.15. The molecular weight excluding hydrogens is 663 g/mol. The predicted molar refractivity (Wildman–Crippen MR) is 239 cm³/mol. The van der Waals surface area contributed by atoms with Gasteiger partial charge in [0.2, 0.25) is 5.91 Å². The summed E-state index contributed by atoms with van der Waals surface area (Å²) in [6.45, 7) is 4.20. The molecule has 2 unspecified atom stereocenters. The smallest absolute Gasteiger partial charge is 0.220 e. The van der Waals surface area contributed by atoms with Crippen LogP contribution in [0.2, 0.25) is 0 Å². The van der Waals surface area contributed by atoms with Crippen molar-refractivity contribution in [1.82, 2.24) is 5.32 Å². The number of hydrogen-bond acceptors (Lipinski definition) is 3. The molecule has 0 aliphatic rings. The van der Waals surface area contributed by atoms with Crippen molar-refractivity contribution < 1.29 is 15.0 Å². The topological polar surface area (TPSA) is 69.6 Å². The number of amides is 1. The molecule has 0 rings (SSSR count). The van der Waals surface area contributed by atoms with Crippen LogP contribution in [-0.4, -0.2) is 34.9 Å². The Morgan fingerprint density at radius 3 is 1.26 bits per heavy atom. The van der Waals surface area contributed by atoms with Crippen LogP contribution >= 0.6 is 0 Å². The summed E-state index contributed by atoms with van der Waals surface area (Å²) < 4.78 is 0. The number of carbonyl (C=O) groups is 1. The van der Waals surface area contributed by atoms with Crippen molar-refractivity contribution in [1.29, 1.82) is 0 Å². The number of allylic oxidation sites excluding steroid dienone is 11. The normalized spacial score (nSPS) is 13.6. The van der Waals surface area contributed by atoms with Crippen LogP contribution in [0.4, 0.5) is 0 Å². The van der Waals surface area contributed by atoms with Crippen LogP contribution in [0.15, 0.2) is 72.9 Å². The molecule has 3 N–H and O–H groups in total. The van der Waals surface area contributed by atoms with Crippen molar-refractivity contribution in [2.75, 3.05) is 6.61 Å². The van der Waals surface area contributed by atoms with Crippen LogP contribution in [-0.2, 0) is 4.79 Å². The zero-order valence-corrected chi connectivity index (χ0v) is 35.7. The van der Waals surface area contributed by atoms with Gasteiger partial charge in [-0.2, -0.15) is 0 Å². The van der Waals surface area contributed by atoms with Gasteiger partial charge in [0.25, 0.3) is 0 Å². The van der Waals surface area contributed by atoms with Crippen LogP contribution in [0, 0.1) is 0 Å². The lowest BCUT2D eigenvalue weighted by atomic mass is 10.0. The van der Waals surface area contributed by atoms with Crippen molar-refractivity contribution in [3.8, 4) is 0 Å². The molecule has 4 heteroatoms. The molecule has 2 atom stereocenters. The molecule has 0 fully saturated rings. The van der Waals surface area contributed by atoms with Gasteiger partial charge in [0.05, 0.1) is 18.8 Å². The second-order valence-electron chi connectivity index (χ2n) is 15.4.